The molecule has 1 fully saturated rings. The van der Waals surface area contributed by atoms with Gasteiger partial charge in [-0.2, -0.15) is 0 Å². The van der Waals surface area contributed by atoms with Gasteiger partial charge in [0.05, 0.1) is 4.34 Å². The van der Waals surface area contributed by atoms with E-state index in [1.54, 1.807) is 11.3 Å². The van der Waals surface area contributed by atoms with Crippen LogP contribution >= 0.6 is 38.9 Å². The van der Waals surface area contributed by atoms with Gasteiger partial charge in [-0.15, -0.1) is 11.3 Å². The predicted octanol–water partition coefficient (Wildman–Crippen LogP) is 4.68. The summed E-state index contributed by atoms with van der Waals surface area (Å²) >= 11 is 11.5. The monoisotopic (exact) mass is 278 g/mol. The molecule has 2 rings (SSSR count). The van der Waals surface area contributed by atoms with Crippen molar-refractivity contribution in [1.82, 2.24) is 0 Å². The van der Waals surface area contributed by atoms with Crippen molar-refractivity contribution in [2.45, 2.75) is 30.5 Å². The minimum Gasteiger partial charge on any atom is -0.132 e. The van der Waals surface area contributed by atoms with Crippen molar-refractivity contribution in [2.75, 3.05) is 0 Å². The summed E-state index contributed by atoms with van der Waals surface area (Å²) in [5.74, 6) is 1.38. The van der Waals surface area contributed by atoms with E-state index < -0.39 is 0 Å². The third kappa shape index (κ3) is 1.81. The Kier molecular flexibility index (Phi) is 3.01. The van der Waals surface area contributed by atoms with Crippen LogP contribution in [0, 0.1) is 5.92 Å². The van der Waals surface area contributed by atoms with Gasteiger partial charge in [0, 0.05) is 4.83 Å². The number of halogens is 2. The SMILES string of the molecule is CC1C(Br)CCC1c1ccsc1Cl. The van der Waals surface area contributed by atoms with Crippen molar-refractivity contribution in [3.63, 3.8) is 0 Å². The lowest BCUT2D eigenvalue weighted by molar-refractivity contribution is 0.546. The fraction of sp³-hybridized carbons (Fsp3) is 0.600. The lowest BCUT2D eigenvalue weighted by Crippen LogP contribution is -2.08. The second-order valence-corrected chi connectivity index (χ2v) is 6.40. The van der Waals surface area contributed by atoms with E-state index in [0.717, 1.165) is 4.34 Å². The molecule has 0 spiro atoms. The zero-order chi connectivity index (χ0) is 9.42. The van der Waals surface area contributed by atoms with Crippen molar-refractivity contribution in [3.05, 3.63) is 21.3 Å². The van der Waals surface area contributed by atoms with Gasteiger partial charge in [0.1, 0.15) is 0 Å². The topological polar surface area (TPSA) is 0 Å². The first-order chi connectivity index (χ1) is 6.20. The lowest BCUT2D eigenvalue weighted by atomic mass is 9.92. The van der Waals surface area contributed by atoms with Crippen LogP contribution in [0.1, 0.15) is 31.2 Å². The van der Waals surface area contributed by atoms with E-state index in [2.05, 4.69) is 34.3 Å². The minimum absolute atomic E-state index is 0.670. The number of rotatable bonds is 1. The van der Waals surface area contributed by atoms with Crippen molar-refractivity contribution in [1.29, 1.82) is 0 Å². The first kappa shape index (κ1) is 10.0. The highest BCUT2D eigenvalue weighted by Crippen LogP contribution is 2.46. The second-order valence-electron chi connectivity index (χ2n) is 3.71. The molecule has 1 aliphatic carbocycles. The minimum atomic E-state index is 0.670. The molecule has 1 aliphatic rings. The molecule has 0 amide bonds. The lowest BCUT2D eigenvalue weighted by Gasteiger charge is -2.16. The molecule has 1 aromatic heterocycles. The van der Waals surface area contributed by atoms with E-state index in [1.165, 1.54) is 18.4 Å². The molecule has 0 nitrogen and oxygen atoms in total. The molecule has 3 heteroatoms. The summed E-state index contributed by atoms with van der Waals surface area (Å²) < 4.78 is 0.985. The largest absolute Gasteiger partial charge is 0.132 e. The molecule has 72 valence electrons. The van der Waals surface area contributed by atoms with Gasteiger partial charge >= 0.3 is 0 Å². The molecule has 0 N–H and O–H groups in total. The van der Waals surface area contributed by atoms with E-state index in [-0.39, 0.29) is 0 Å². The zero-order valence-corrected chi connectivity index (χ0v) is 10.6. The summed E-state index contributed by atoms with van der Waals surface area (Å²) in [5, 5.41) is 2.09. The van der Waals surface area contributed by atoms with Crippen molar-refractivity contribution >= 4 is 38.9 Å². The zero-order valence-electron chi connectivity index (χ0n) is 7.47. The quantitative estimate of drug-likeness (QED) is 0.655. The number of alkyl halides is 1. The normalized spacial score (nSPS) is 33.9. The highest BCUT2D eigenvalue weighted by atomic mass is 79.9. The molecule has 0 saturated heterocycles. The van der Waals surface area contributed by atoms with Crippen LogP contribution in [0.4, 0.5) is 0 Å². The molecule has 0 bridgehead atoms. The molecular formula is C10H12BrClS. The maximum absolute atomic E-state index is 6.14. The molecule has 0 aliphatic heterocycles. The Bertz CT molecular complexity index is 297. The Morgan fingerprint density at radius 2 is 2.31 bits per heavy atom. The van der Waals surface area contributed by atoms with Crippen LogP contribution in [0.2, 0.25) is 4.34 Å². The summed E-state index contributed by atoms with van der Waals surface area (Å²) in [6, 6.07) is 2.18. The summed E-state index contributed by atoms with van der Waals surface area (Å²) in [5.41, 5.74) is 1.36. The van der Waals surface area contributed by atoms with E-state index in [4.69, 9.17) is 11.6 Å². The number of thiophene rings is 1. The van der Waals surface area contributed by atoms with E-state index in [0.29, 0.717) is 16.7 Å². The van der Waals surface area contributed by atoms with Gasteiger partial charge in [-0.05, 0) is 41.7 Å². The summed E-state index contributed by atoms with van der Waals surface area (Å²) in [6.07, 6.45) is 2.55. The highest BCUT2D eigenvalue weighted by Gasteiger charge is 2.33. The highest BCUT2D eigenvalue weighted by molar-refractivity contribution is 9.09. The van der Waals surface area contributed by atoms with Crippen LogP contribution in [-0.2, 0) is 0 Å². The standard InChI is InChI=1S/C10H12BrClS/c1-6-7(2-3-9(6)11)8-4-5-13-10(8)12/h4-7,9H,2-3H2,1H3. The molecule has 1 heterocycles. The van der Waals surface area contributed by atoms with Gasteiger partial charge in [-0.1, -0.05) is 34.5 Å². The van der Waals surface area contributed by atoms with Crippen LogP contribution in [0.25, 0.3) is 0 Å². The van der Waals surface area contributed by atoms with E-state index in [1.807, 2.05) is 0 Å². The fourth-order valence-corrected chi connectivity index (χ4v) is 3.81. The van der Waals surface area contributed by atoms with Crippen LogP contribution in [0.15, 0.2) is 11.4 Å². The van der Waals surface area contributed by atoms with Gasteiger partial charge in [-0.25, -0.2) is 0 Å². The van der Waals surface area contributed by atoms with Crippen LogP contribution in [0.5, 0.6) is 0 Å². The van der Waals surface area contributed by atoms with E-state index >= 15 is 0 Å². The molecule has 3 unspecified atom stereocenters. The third-order valence-corrected chi connectivity index (χ3v) is 5.50. The molecule has 0 aromatic carbocycles. The van der Waals surface area contributed by atoms with Gasteiger partial charge in [0.25, 0.3) is 0 Å². The first-order valence-electron chi connectivity index (χ1n) is 4.57. The van der Waals surface area contributed by atoms with Crippen LogP contribution < -0.4 is 0 Å². The Morgan fingerprint density at radius 3 is 2.77 bits per heavy atom. The maximum atomic E-state index is 6.14. The molecule has 1 saturated carbocycles. The summed E-state index contributed by atoms with van der Waals surface area (Å²) in [7, 11) is 0. The smallest absolute Gasteiger partial charge is 0.0963 e. The molecule has 0 radical (unpaired) electrons. The Balaban J connectivity index is 2.23. The molecule has 13 heavy (non-hydrogen) atoms. The third-order valence-electron chi connectivity index (χ3n) is 3.00. The van der Waals surface area contributed by atoms with Crippen molar-refractivity contribution in [2.24, 2.45) is 5.92 Å². The summed E-state index contributed by atoms with van der Waals surface area (Å²) in [6.45, 7) is 2.31. The average molecular weight is 280 g/mol. The maximum Gasteiger partial charge on any atom is 0.0963 e. The van der Waals surface area contributed by atoms with Crippen LogP contribution in [0.3, 0.4) is 0 Å². The van der Waals surface area contributed by atoms with Gasteiger partial charge in [0.2, 0.25) is 0 Å². The Morgan fingerprint density at radius 1 is 1.54 bits per heavy atom. The van der Waals surface area contributed by atoms with Crippen molar-refractivity contribution < 1.29 is 0 Å². The second kappa shape index (κ2) is 3.92. The van der Waals surface area contributed by atoms with Gasteiger partial charge in [-0.3, -0.25) is 0 Å². The molecule has 1 aromatic rings. The molecular weight excluding hydrogens is 268 g/mol. The fourth-order valence-electron chi connectivity index (χ4n) is 2.13. The van der Waals surface area contributed by atoms with Gasteiger partial charge < -0.3 is 0 Å². The van der Waals surface area contributed by atoms with Crippen LogP contribution in [-0.4, -0.2) is 4.83 Å². The van der Waals surface area contributed by atoms with Gasteiger partial charge in [0.15, 0.2) is 0 Å². The predicted molar refractivity (Wildman–Crippen MR) is 63.2 cm³/mol. The number of hydrogen-bond donors (Lipinski definition) is 0. The Hall–Kier alpha value is 0.470. The Labute approximate surface area is 96.4 Å². The summed E-state index contributed by atoms with van der Waals surface area (Å²) in [4.78, 5) is 0.675. The number of hydrogen-bond acceptors (Lipinski definition) is 1. The van der Waals surface area contributed by atoms with E-state index in [9.17, 15) is 0 Å². The molecule has 3 atom stereocenters. The average Bonchev–Trinajstić information content (AvgIpc) is 2.62. The van der Waals surface area contributed by atoms with Crippen molar-refractivity contribution in [3.8, 4) is 0 Å². The first-order valence-corrected chi connectivity index (χ1v) is 6.74.